The molecule has 6 aliphatic carbocycles. The van der Waals surface area contributed by atoms with Crippen LogP contribution in [0, 0.1) is 94.7 Å². The second-order valence-electron chi connectivity index (χ2n) is 37.8. The van der Waals surface area contributed by atoms with Gasteiger partial charge in [0, 0.05) is 150 Å². The lowest BCUT2D eigenvalue weighted by Gasteiger charge is -2.64. The molecule has 11 aromatic rings. The van der Waals surface area contributed by atoms with Crippen LogP contribution < -0.4 is 4.90 Å². The monoisotopic (exact) mass is 1630 g/mol. The summed E-state index contributed by atoms with van der Waals surface area (Å²) in [5.41, 5.74) is 14.0. The zero-order valence-corrected chi connectivity index (χ0v) is 74.8. The number of hydrogen-bond acceptors (Lipinski definition) is 9. The van der Waals surface area contributed by atoms with Crippen LogP contribution >= 0.6 is 94.1 Å². The highest BCUT2D eigenvalue weighted by Crippen LogP contribution is 2.71. The van der Waals surface area contributed by atoms with Gasteiger partial charge in [0.1, 0.15) is 0 Å². The summed E-state index contributed by atoms with van der Waals surface area (Å²) in [6.07, 6.45) is 0. The van der Waals surface area contributed by atoms with Crippen molar-refractivity contribution in [1.82, 2.24) is 13.7 Å². The summed E-state index contributed by atoms with van der Waals surface area (Å²) in [6.45, 7) is 42.3. The van der Waals surface area contributed by atoms with Gasteiger partial charge in [-0.15, -0.1) is 0 Å². The van der Waals surface area contributed by atoms with Crippen molar-refractivity contribution < 1.29 is 0 Å². The molecule has 6 saturated carbocycles. The first-order valence-corrected chi connectivity index (χ1v) is 51.0. The molecular formula is C100H116N4S8. The molecule has 7 heterocycles. The van der Waals surface area contributed by atoms with Gasteiger partial charge in [-0.2, -0.15) is 94.1 Å². The van der Waals surface area contributed by atoms with Crippen LogP contribution in [0.3, 0.4) is 0 Å². The maximum absolute atomic E-state index is 3.08. The number of hydrogen-bond donors (Lipinski definition) is 0. The molecule has 10 fully saturated rings. The van der Waals surface area contributed by atoms with Gasteiger partial charge in [-0.1, -0.05) is 244 Å². The normalized spacial score (nSPS) is 42.4. The Kier molecular flexibility index (Phi) is 19.3. The third kappa shape index (κ3) is 11.1. The van der Waals surface area contributed by atoms with E-state index >= 15 is 0 Å². The second kappa shape index (κ2) is 28.8. The van der Waals surface area contributed by atoms with Crippen molar-refractivity contribution >= 4 is 171 Å². The molecule has 3 aromatic heterocycles. The van der Waals surface area contributed by atoms with Crippen LogP contribution in [0.25, 0.3) is 76.5 Å². The fourth-order valence-electron chi connectivity index (χ4n) is 25.6. The lowest BCUT2D eigenvalue weighted by atomic mass is 9.68. The predicted molar refractivity (Wildman–Crippen MR) is 501 cm³/mol. The van der Waals surface area contributed by atoms with Gasteiger partial charge < -0.3 is 18.6 Å². The topological polar surface area (TPSA) is 18.0 Å². The third-order valence-corrected chi connectivity index (χ3v) is 50.3. The van der Waals surface area contributed by atoms with E-state index in [0.717, 1.165) is 0 Å². The first-order valence-electron chi connectivity index (χ1n) is 43.4. The van der Waals surface area contributed by atoms with E-state index in [1.165, 1.54) is 87.9 Å². The van der Waals surface area contributed by atoms with Crippen molar-refractivity contribution in [2.45, 2.75) is 219 Å². The summed E-state index contributed by atoms with van der Waals surface area (Å²) in [5.74, 6) is 10.3. The third-order valence-electron chi connectivity index (χ3n) is 33.5. The molecule has 32 atom stereocenters. The highest BCUT2D eigenvalue weighted by atomic mass is 32.2. The van der Waals surface area contributed by atoms with E-state index in [4.69, 9.17) is 0 Å². The molecule has 4 saturated heterocycles. The summed E-state index contributed by atoms with van der Waals surface area (Å²) in [5, 5.41) is 16.0. The van der Waals surface area contributed by atoms with Gasteiger partial charge in [0.05, 0.1) is 35.2 Å². The first kappa shape index (κ1) is 75.2. The van der Waals surface area contributed by atoms with E-state index < -0.39 is 0 Å². The van der Waals surface area contributed by atoms with Gasteiger partial charge in [0.15, 0.2) is 0 Å². The summed E-state index contributed by atoms with van der Waals surface area (Å²) in [6, 6.07) is 78.9. The maximum atomic E-state index is 3.08. The Morgan fingerprint density at radius 3 is 0.696 bits per heavy atom. The summed E-state index contributed by atoms with van der Waals surface area (Å²) >= 11 is 19.9. The van der Waals surface area contributed by atoms with Crippen LogP contribution in [0.1, 0.15) is 129 Å². The zero-order valence-electron chi connectivity index (χ0n) is 68.3. The van der Waals surface area contributed by atoms with Gasteiger partial charge in [0.25, 0.3) is 0 Å². The number of fused-ring (bicyclic) bond motifs is 17. The number of thioether (sulfide) groups is 8. The van der Waals surface area contributed by atoms with Gasteiger partial charge >= 0.3 is 0 Å². The Labute approximate surface area is 702 Å². The molecule has 32 unspecified atom stereocenters. The first-order chi connectivity index (χ1) is 54.3. The van der Waals surface area contributed by atoms with Gasteiger partial charge in [-0.3, -0.25) is 0 Å². The standard InChI is InChI=1S/C100H116N4S8/c1-49-51(3)59(11)87-85(57(49)9)105-93-81(101(65-33-19-17-20-34-65)66-35-21-18-22-36-66)94-98(110-88-60(12)52(4)50(2)58(10)86(88)106-94)83(97(93)109-87)103-75-45-29-25-39-71(75)79-69(41-31-47-77(79)103)70-42-32-48-78-80(70)72-40-26-30-46-76(72)104(78)84-99-95(107-89-61(13)53(5)55(7)63(15)91(89)111-99)82(102-73-43-27-23-37-67(73)68-38-24-28-44-74(68)102)96-100(84)112-92-64(16)56(8)54(6)62(14)90(92)108-96/h17-64,81-100H,1-16H3. The van der Waals surface area contributed by atoms with Crippen LogP contribution in [0.15, 0.2) is 194 Å². The summed E-state index contributed by atoms with van der Waals surface area (Å²) < 4.78 is 9.14. The van der Waals surface area contributed by atoms with Gasteiger partial charge in [-0.25, -0.2) is 0 Å². The molecule has 0 amide bonds. The Hall–Kier alpha value is -4.24. The zero-order chi connectivity index (χ0) is 76.6. The second-order valence-corrected chi connectivity index (χ2v) is 48.7. The van der Waals surface area contributed by atoms with E-state index in [2.05, 4.69) is 418 Å². The largest absolute Gasteiger partial charge is 0.336 e. The quantitative estimate of drug-likeness (QED) is 0.154. The molecule has 21 rings (SSSR count). The Morgan fingerprint density at radius 1 is 0.196 bits per heavy atom. The molecule has 4 nitrogen and oxygen atoms in total. The minimum absolute atomic E-state index is 0.234. The highest BCUT2D eigenvalue weighted by Gasteiger charge is 2.67. The molecule has 0 radical (unpaired) electrons. The van der Waals surface area contributed by atoms with Crippen molar-refractivity contribution in [3.63, 3.8) is 0 Å². The fourth-order valence-corrected chi connectivity index (χ4v) is 45.3. The minimum atomic E-state index is 0.234. The van der Waals surface area contributed by atoms with Crippen LogP contribution in [0.2, 0.25) is 0 Å². The van der Waals surface area contributed by atoms with Crippen LogP contribution in [0.4, 0.5) is 11.4 Å². The average Bonchev–Trinajstić information content (AvgIpc) is 1.39. The van der Waals surface area contributed by atoms with Crippen LogP contribution in [0.5, 0.6) is 0 Å². The fraction of sp³-hybridized carbons (Fsp3) is 0.520. The smallest absolute Gasteiger partial charge is 0.0603 e. The lowest BCUT2D eigenvalue weighted by molar-refractivity contribution is 0.145. The number of para-hydroxylation sites is 6. The Balaban J connectivity index is 0.782. The Bertz CT molecular complexity index is 5180. The lowest BCUT2D eigenvalue weighted by Crippen LogP contribution is -2.68. The molecule has 112 heavy (non-hydrogen) atoms. The molecule has 0 bridgehead atoms. The Morgan fingerprint density at radius 2 is 0.411 bits per heavy atom. The van der Waals surface area contributed by atoms with Crippen LogP contribution in [-0.2, 0) is 0 Å². The van der Waals surface area contributed by atoms with E-state index in [9.17, 15) is 0 Å². The molecular weight excluding hydrogens is 1510 g/mol. The van der Waals surface area contributed by atoms with E-state index in [0.29, 0.717) is 185 Å². The molecule has 10 aliphatic rings. The number of nitrogens with zero attached hydrogens (tertiary/aromatic N) is 4. The van der Waals surface area contributed by atoms with Crippen molar-refractivity contribution in [2.75, 3.05) is 4.90 Å². The summed E-state index contributed by atoms with van der Waals surface area (Å²) in [4.78, 5) is 2.92. The van der Waals surface area contributed by atoms with Crippen molar-refractivity contribution in [2.24, 2.45) is 94.7 Å². The molecule has 4 aliphatic heterocycles. The summed E-state index contributed by atoms with van der Waals surface area (Å²) in [7, 11) is 0. The van der Waals surface area contributed by atoms with E-state index in [-0.39, 0.29) is 18.1 Å². The molecule has 0 spiro atoms. The van der Waals surface area contributed by atoms with Crippen molar-refractivity contribution in [1.29, 1.82) is 0 Å². The number of anilines is 2. The number of aromatic nitrogens is 3. The van der Waals surface area contributed by atoms with E-state index in [1.807, 2.05) is 0 Å². The van der Waals surface area contributed by atoms with Gasteiger partial charge in [0.2, 0.25) is 0 Å². The van der Waals surface area contributed by atoms with Crippen molar-refractivity contribution in [3.8, 4) is 11.1 Å². The molecule has 8 aromatic carbocycles. The van der Waals surface area contributed by atoms with E-state index in [1.54, 1.807) is 0 Å². The minimum Gasteiger partial charge on any atom is -0.336 e. The molecule has 0 N–H and O–H groups in total. The van der Waals surface area contributed by atoms with Gasteiger partial charge in [-0.05, 0) is 166 Å². The number of benzene rings is 8. The number of rotatable bonds is 7. The molecule has 12 heteroatoms. The SMILES string of the molecule is CC1C(C)C(C)C2SC3C(SC2C1C)C(N(c1ccccc1)c1ccccc1)C1SC2C(C)C(C)C(C)C(C)C2SC1C3n1c2ccccc2c2c(-c3cccc4c3c3ccccc3n4C3C4SC5C(C)C(C)C(C)C(C)C5SC4C(n4c5ccccc5c5ccccc54)C4SC5C(C)C(C)C(C)C(C)C5SC43)cccc21. The molecule has 584 valence electrons. The maximum Gasteiger partial charge on any atom is 0.0603 e. The predicted octanol–water partition coefficient (Wildman–Crippen LogP) is 27.3. The highest BCUT2D eigenvalue weighted by molar-refractivity contribution is 8.10. The van der Waals surface area contributed by atoms with Crippen LogP contribution in [-0.4, -0.2) is 104 Å². The average molecular weight is 1630 g/mol. The van der Waals surface area contributed by atoms with Crippen molar-refractivity contribution in [3.05, 3.63) is 194 Å².